The largest absolute Gasteiger partial charge is 0.494 e. The SMILES string of the molecule is CCOc1ccc(-n2c(SCc3ccccc3)nc3sc4c(c3c2=O)CC[NH+](C)C4)cc1. The van der Waals surface area contributed by atoms with Crippen molar-refractivity contribution in [3.8, 4) is 11.4 Å². The van der Waals surface area contributed by atoms with E-state index >= 15 is 0 Å². The maximum atomic E-state index is 13.9. The van der Waals surface area contributed by atoms with E-state index in [-0.39, 0.29) is 5.56 Å². The van der Waals surface area contributed by atoms with Crippen LogP contribution >= 0.6 is 23.1 Å². The van der Waals surface area contributed by atoms with Crippen LogP contribution in [0.3, 0.4) is 0 Å². The third-order valence-corrected chi connectivity index (χ3v) is 7.89. The fourth-order valence-corrected chi connectivity index (χ4v) is 6.49. The average Bonchev–Trinajstić information content (AvgIpc) is 3.17. The summed E-state index contributed by atoms with van der Waals surface area (Å²) in [4.78, 5) is 22.5. The molecule has 0 amide bonds. The van der Waals surface area contributed by atoms with Gasteiger partial charge in [-0.15, -0.1) is 11.3 Å². The lowest BCUT2D eigenvalue weighted by atomic mass is 10.1. The molecule has 0 bridgehead atoms. The molecule has 5 nitrogen and oxygen atoms in total. The number of quaternary nitrogens is 1. The molecule has 32 heavy (non-hydrogen) atoms. The van der Waals surface area contributed by atoms with Crippen molar-refractivity contribution in [3.05, 3.63) is 81.0 Å². The van der Waals surface area contributed by atoms with E-state index in [2.05, 4.69) is 19.2 Å². The van der Waals surface area contributed by atoms with Crippen LogP contribution in [0, 0.1) is 0 Å². The highest BCUT2D eigenvalue weighted by Crippen LogP contribution is 2.32. The van der Waals surface area contributed by atoms with Gasteiger partial charge in [0.2, 0.25) is 0 Å². The number of hydrogen-bond donors (Lipinski definition) is 1. The molecule has 1 aliphatic rings. The topological polar surface area (TPSA) is 48.6 Å². The monoisotopic (exact) mass is 464 g/mol. The van der Waals surface area contributed by atoms with Gasteiger partial charge in [-0.3, -0.25) is 9.36 Å². The Bertz CT molecular complexity index is 1300. The summed E-state index contributed by atoms with van der Waals surface area (Å²) in [5.41, 5.74) is 3.27. The number of aromatic nitrogens is 2. The van der Waals surface area contributed by atoms with Gasteiger partial charge in [-0.25, -0.2) is 4.98 Å². The van der Waals surface area contributed by atoms with E-state index in [1.54, 1.807) is 27.7 Å². The molecule has 1 atom stereocenters. The molecule has 1 N–H and O–H groups in total. The Balaban J connectivity index is 1.64. The van der Waals surface area contributed by atoms with Crippen molar-refractivity contribution in [1.82, 2.24) is 9.55 Å². The highest BCUT2D eigenvalue weighted by atomic mass is 32.2. The third kappa shape index (κ3) is 4.08. The summed E-state index contributed by atoms with van der Waals surface area (Å²) in [5, 5.41) is 1.53. The molecule has 0 spiro atoms. The van der Waals surface area contributed by atoms with Crippen molar-refractivity contribution in [3.63, 3.8) is 0 Å². The highest BCUT2D eigenvalue weighted by Gasteiger charge is 2.26. The summed E-state index contributed by atoms with van der Waals surface area (Å²) in [6, 6.07) is 18.0. The van der Waals surface area contributed by atoms with E-state index in [4.69, 9.17) is 9.72 Å². The number of nitrogens with one attached hydrogen (secondary N) is 1. The van der Waals surface area contributed by atoms with Gasteiger partial charge in [-0.1, -0.05) is 42.1 Å². The zero-order valence-electron chi connectivity index (χ0n) is 18.3. The van der Waals surface area contributed by atoms with Crippen LogP contribution in [0.2, 0.25) is 0 Å². The smallest absolute Gasteiger partial charge is 0.267 e. The number of ether oxygens (including phenoxy) is 1. The molecule has 2 aromatic heterocycles. The van der Waals surface area contributed by atoms with Gasteiger partial charge in [0.1, 0.15) is 17.1 Å². The molecule has 7 heteroatoms. The zero-order chi connectivity index (χ0) is 22.1. The molecule has 2 aromatic carbocycles. The minimum atomic E-state index is 0.0341. The Kier molecular flexibility index (Phi) is 6.04. The van der Waals surface area contributed by atoms with Gasteiger partial charge in [0.25, 0.3) is 5.56 Å². The quantitative estimate of drug-likeness (QED) is 0.349. The predicted molar refractivity (Wildman–Crippen MR) is 132 cm³/mol. The lowest BCUT2D eigenvalue weighted by Gasteiger charge is -2.19. The number of thiophene rings is 1. The Morgan fingerprint density at radius 2 is 1.94 bits per heavy atom. The number of nitrogens with zero attached hydrogens (tertiary/aromatic N) is 2. The van der Waals surface area contributed by atoms with E-state index in [0.717, 1.165) is 52.1 Å². The Hall–Kier alpha value is -2.61. The van der Waals surface area contributed by atoms with Crippen LogP contribution in [0.1, 0.15) is 22.9 Å². The lowest BCUT2D eigenvalue weighted by Crippen LogP contribution is -3.08. The van der Waals surface area contributed by atoms with E-state index in [1.807, 2.05) is 49.4 Å². The summed E-state index contributed by atoms with van der Waals surface area (Å²) in [7, 11) is 2.21. The minimum Gasteiger partial charge on any atom is -0.494 e. The molecule has 3 heterocycles. The number of likely N-dealkylation sites (N-methyl/N-ethyl adjacent to an activating group) is 1. The number of thioether (sulfide) groups is 1. The first-order valence-electron chi connectivity index (χ1n) is 10.9. The fraction of sp³-hybridized carbons (Fsp3) is 0.280. The first-order valence-corrected chi connectivity index (χ1v) is 12.7. The van der Waals surface area contributed by atoms with Crippen molar-refractivity contribution in [1.29, 1.82) is 0 Å². The second-order valence-corrected chi connectivity index (χ2v) is 10.1. The zero-order valence-corrected chi connectivity index (χ0v) is 19.9. The van der Waals surface area contributed by atoms with Crippen LogP contribution in [0.5, 0.6) is 5.75 Å². The van der Waals surface area contributed by atoms with Gasteiger partial charge < -0.3 is 9.64 Å². The van der Waals surface area contributed by atoms with Crippen molar-refractivity contribution in [2.45, 2.75) is 30.8 Å². The molecule has 164 valence electrons. The van der Waals surface area contributed by atoms with Crippen LogP contribution in [0.4, 0.5) is 0 Å². The minimum absolute atomic E-state index is 0.0341. The first kappa shape index (κ1) is 21.2. The maximum Gasteiger partial charge on any atom is 0.267 e. The molecule has 0 saturated heterocycles. The Morgan fingerprint density at radius 3 is 2.69 bits per heavy atom. The number of fused-ring (bicyclic) bond motifs is 3. The van der Waals surface area contributed by atoms with Crippen LogP contribution in [0.25, 0.3) is 15.9 Å². The normalized spacial score (nSPS) is 15.6. The lowest BCUT2D eigenvalue weighted by molar-refractivity contribution is -0.895. The Morgan fingerprint density at radius 1 is 1.16 bits per heavy atom. The molecular formula is C25H26N3O2S2+. The maximum absolute atomic E-state index is 13.9. The summed E-state index contributed by atoms with van der Waals surface area (Å²) in [5.74, 6) is 1.56. The molecule has 0 fully saturated rings. The van der Waals surface area contributed by atoms with E-state index in [1.165, 1.54) is 20.9 Å². The standard InChI is InChI=1S/C25H25N3O2S2/c1-3-30-19-11-9-18(10-12-19)28-24(29)22-20-13-14-27(2)15-21(20)32-23(22)26-25(28)31-16-17-7-5-4-6-8-17/h4-12H,3,13-16H2,1-2H3/p+1. The first-order chi connectivity index (χ1) is 15.6. The van der Waals surface area contributed by atoms with E-state index in [9.17, 15) is 4.79 Å². The molecule has 1 unspecified atom stereocenters. The molecule has 0 aliphatic carbocycles. The number of hydrogen-bond acceptors (Lipinski definition) is 5. The molecule has 0 saturated carbocycles. The molecule has 1 aliphatic heterocycles. The predicted octanol–water partition coefficient (Wildman–Crippen LogP) is 3.71. The second kappa shape index (κ2) is 9.10. The number of rotatable bonds is 6. The van der Waals surface area contributed by atoms with E-state index < -0.39 is 0 Å². The molecule has 4 aromatic rings. The van der Waals surface area contributed by atoms with Crippen molar-refractivity contribution in [2.24, 2.45) is 0 Å². The van der Waals surface area contributed by atoms with Gasteiger partial charge in [-0.05, 0) is 42.3 Å². The van der Waals surface area contributed by atoms with Crippen LogP contribution in [0.15, 0.2) is 64.5 Å². The van der Waals surface area contributed by atoms with Gasteiger partial charge in [0.05, 0.1) is 36.2 Å². The van der Waals surface area contributed by atoms with Gasteiger partial charge in [-0.2, -0.15) is 0 Å². The van der Waals surface area contributed by atoms with E-state index in [0.29, 0.717) is 6.61 Å². The number of benzene rings is 2. The van der Waals surface area contributed by atoms with Gasteiger partial charge in [0.15, 0.2) is 5.16 Å². The van der Waals surface area contributed by atoms with Gasteiger partial charge >= 0.3 is 0 Å². The average molecular weight is 465 g/mol. The van der Waals surface area contributed by atoms with Crippen molar-refractivity contribution >= 4 is 33.3 Å². The summed E-state index contributed by atoms with van der Waals surface area (Å²) < 4.78 is 7.38. The second-order valence-electron chi connectivity index (χ2n) is 8.05. The summed E-state index contributed by atoms with van der Waals surface area (Å²) in [6.45, 7) is 4.59. The third-order valence-electron chi connectivity index (χ3n) is 5.76. The highest BCUT2D eigenvalue weighted by molar-refractivity contribution is 7.98. The summed E-state index contributed by atoms with van der Waals surface area (Å²) in [6.07, 6.45) is 0.928. The van der Waals surface area contributed by atoms with Gasteiger partial charge in [0, 0.05) is 12.2 Å². The summed E-state index contributed by atoms with van der Waals surface area (Å²) >= 11 is 3.29. The molecular weight excluding hydrogens is 438 g/mol. The molecule has 5 rings (SSSR count). The van der Waals surface area contributed by atoms with Crippen molar-refractivity contribution < 1.29 is 9.64 Å². The van der Waals surface area contributed by atoms with Crippen LogP contribution in [-0.2, 0) is 18.7 Å². The van der Waals surface area contributed by atoms with Crippen molar-refractivity contribution in [2.75, 3.05) is 20.2 Å². The van der Waals surface area contributed by atoms with Crippen LogP contribution in [-0.4, -0.2) is 29.8 Å². The fourth-order valence-electron chi connectivity index (χ4n) is 4.15. The Labute approximate surface area is 195 Å². The van der Waals surface area contributed by atoms with Crippen LogP contribution < -0.4 is 15.2 Å². The molecule has 0 radical (unpaired) electrons.